The first-order valence-corrected chi connectivity index (χ1v) is 15.5. The van der Waals surface area contributed by atoms with Crippen LogP contribution < -0.4 is 26.7 Å². The number of hydrogen-bond donors (Lipinski definition) is 5. The second-order valence-corrected chi connectivity index (χ2v) is 12.3. The summed E-state index contributed by atoms with van der Waals surface area (Å²) < 4.78 is 35.5. The van der Waals surface area contributed by atoms with E-state index in [-0.39, 0.29) is 35.2 Å². The maximum atomic E-state index is 14.6. The molecule has 0 aliphatic rings. The lowest BCUT2D eigenvalue weighted by Crippen LogP contribution is -2.23. The number of anilines is 2. The van der Waals surface area contributed by atoms with Crippen LogP contribution in [0.4, 0.5) is 20.2 Å². The molecule has 0 fully saturated rings. The van der Waals surface area contributed by atoms with E-state index in [1.54, 1.807) is 93.8 Å². The summed E-state index contributed by atoms with van der Waals surface area (Å²) in [6.45, 7) is 3.33. The Kier molecular flexibility index (Phi) is 8.96. The van der Waals surface area contributed by atoms with Crippen LogP contribution in [0.2, 0.25) is 0 Å². The Morgan fingerprint density at radius 1 is 0.920 bits per heavy atom. The highest BCUT2D eigenvalue weighted by atomic mass is 19.1. The number of fused-ring (bicyclic) bond motifs is 1. The molecule has 10 nitrogen and oxygen atoms in total. The molecule has 2 amide bonds. The molecule has 6 aromatic rings. The van der Waals surface area contributed by atoms with E-state index in [4.69, 9.17) is 10.5 Å². The van der Waals surface area contributed by atoms with E-state index in [2.05, 4.69) is 15.6 Å². The Morgan fingerprint density at radius 3 is 2.34 bits per heavy atom. The minimum absolute atomic E-state index is 0.103. The molecule has 0 aliphatic carbocycles. The normalized spacial score (nSPS) is 11.4. The van der Waals surface area contributed by atoms with E-state index >= 15 is 0 Å². The lowest BCUT2D eigenvalue weighted by atomic mass is 9.93. The summed E-state index contributed by atoms with van der Waals surface area (Å²) in [5, 5.41) is 16.8. The average molecular weight is 678 g/mol. The molecule has 0 unspecified atom stereocenters. The number of nitrogens with zero attached hydrogens (tertiary/aromatic N) is 1. The summed E-state index contributed by atoms with van der Waals surface area (Å²) in [4.78, 5) is 42.2. The van der Waals surface area contributed by atoms with Gasteiger partial charge in [-0.15, -0.1) is 0 Å². The van der Waals surface area contributed by atoms with Crippen LogP contribution in [0.1, 0.15) is 45.8 Å². The monoisotopic (exact) mass is 677 g/mol. The number of aromatic amines is 1. The van der Waals surface area contributed by atoms with Crippen molar-refractivity contribution >= 4 is 34.1 Å². The topological polar surface area (TPSA) is 151 Å². The van der Waals surface area contributed by atoms with E-state index in [9.17, 15) is 28.3 Å². The molecule has 0 radical (unpaired) electrons. The number of para-hydroxylation sites is 2. The Morgan fingerprint density at radius 2 is 1.64 bits per heavy atom. The number of H-pyrrole nitrogens is 1. The van der Waals surface area contributed by atoms with Crippen LogP contribution in [0.5, 0.6) is 11.5 Å². The van der Waals surface area contributed by atoms with E-state index in [0.717, 1.165) is 17.7 Å². The molecule has 0 saturated carbocycles. The molecular weight excluding hydrogens is 644 g/mol. The molecule has 12 heteroatoms. The fraction of sp³-hybridized carbons (Fsp3) is 0.132. The zero-order valence-electron chi connectivity index (χ0n) is 27.3. The molecule has 0 aliphatic heterocycles. The first-order chi connectivity index (χ1) is 23.8. The van der Waals surface area contributed by atoms with Crippen LogP contribution in [0.25, 0.3) is 22.0 Å². The highest BCUT2D eigenvalue weighted by Gasteiger charge is 2.23. The molecule has 50 heavy (non-hydrogen) atoms. The number of aromatic nitrogens is 2. The van der Waals surface area contributed by atoms with Gasteiger partial charge in [-0.1, -0.05) is 30.3 Å². The summed E-state index contributed by atoms with van der Waals surface area (Å²) in [7, 11) is 1.55. The molecule has 254 valence electrons. The van der Waals surface area contributed by atoms with Crippen molar-refractivity contribution in [2.24, 2.45) is 7.05 Å². The number of hydrogen-bond acceptors (Lipinski definition) is 6. The predicted octanol–water partition coefficient (Wildman–Crippen LogP) is 6.60. The Hall–Kier alpha value is -6.27. The van der Waals surface area contributed by atoms with Crippen LogP contribution in [-0.4, -0.2) is 26.5 Å². The first-order valence-electron chi connectivity index (χ1n) is 15.5. The van der Waals surface area contributed by atoms with E-state index < -0.39 is 28.7 Å². The smallest absolute Gasteiger partial charge is 0.274 e. The van der Waals surface area contributed by atoms with E-state index in [0.29, 0.717) is 45.1 Å². The fourth-order valence-electron chi connectivity index (χ4n) is 5.41. The summed E-state index contributed by atoms with van der Waals surface area (Å²) >= 11 is 0. The number of nitrogen functional groups attached to an aromatic ring is 1. The lowest BCUT2D eigenvalue weighted by Gasteiger charge is -2.21. The van der Waals surface area contributed by atoms with E-state index in [1.807, 2.05) is 0 Å². The van der Waals surface area contributed by atoms with Gasteiger partial charge in [-0.2, -0.15) is 0 Å². The highest BCUT2D eigenvalue weighted by molar-refractivity contribution is 6.06. The molecular formula is C38H33F2N5O5. The number of pyridine rings is 1. The largest absolute Gasteiger partial charge is 0.454 e. The standard InChI is InChI=1S/C38H33F2N5O5/c1-38(2,49)23-12-14-32(50-33-15-13-24(39)17-28(33)40)25(16-23)27-20-45(3)37(48)34-26(27)18-31(43-34)36(47)42-19-21-8-10-22(11-9-21)35(46)44-30-7-5-4-6-29(30)41/h4-18,20,43,49H,19,41H2,1-3H3,(H,42,47)(H,44,46). The third-order valence-electron chi connectivity index (χ3n) is 8.18. The highest BCUT2D eigenvalue weighted by Crippen LogP contribution is 2.40. The van der Waals surface area contributed by atoms with Crippen molar-refractivity contribution < 1.29 is 28.2 Å². The number of nitrogens with one attached hydrogen (secondary N) is 3. The molecule has 6 N–H and O–H groups in total. The van der Waals surface area contributed by atoms with Gasteiger partial charge in [0.25, 0.3) is 17.4 Å². The van der Waals surface area contributed by atoms with Crippen molar-refractivity contribution in [1.82, 2.24) is 14.9 Å². The van der Waals surface area contributed by atoms with Crippen LogP contribution in [-0.2, 0) is 19.2 Å². The van der Waals surface area contributed by atoms with Crippen molar-refractivity contribution in [3.05, 3.63) is 142 Å². The van der Waals surface area contributed by atoms with Crippen molar-refractivity contribution in [2.75, 3.05) is 11.1 Å². The number of benzene rings is 4. The summed E-state index contributed by atoms with van der Waals surface area (Å²) in [6, 6.07) is 22.9. The van der Waals surface area contributed by atoms with Gasteiger partial charge in [-0.3, -0.25) is 14.4 Å². The second kappa shape index (κ2) is 13.3. The van der Waals surface area contributed by atoms with Crippen molar-refractivity contribution in [2.45, 2.75) is 26.0 Å². The van der Waals surface area contributed by atoms with Gasteiger partial charge in [0, 0.05) is 47.9 Å². The maximum Gasteiger partial charge on any atom is 0.274 e. The zero-order chi connectivity index (χ0) is 35.7. The number of ether oxygens (including phenoxy) is 1. The van der Waals surface area contributed by atoms with Gasteiger partial charge in [0.1, 0.15) is 22.8 Å². The third kappa shape index (κ3) is 6.96. The molecule has 6 rings (SSSR count). The molecule has 4 aromatic carbocycles. The number of amides is 2. The number of carbonyl (C=O) groups excluding carboxylic acids is 2. The second-order valence-electron chi connectivity index (χ2n) is 12.3. The van der Waals surface area contributed by atoms with Gasteiger partial charge >= 0.3 is 0 Å². The van der Waals surface area contributed by atoms with Crippen molar-refractivity contribution in [3.63, 3.8) is 0 Å². The lowest BCUT2D eigenvalue weighted by molar-refractivity contribution is 0.0785. The summed E-state index contributed by atoms with van der Waals surface area (Å²) in [6.07, 6.45) is 1.56. The van der Waals surface area contributed by atoms with Crippen LogP contribution in [0.15, 0.2) is 102 Å². The fourth-order valence-corrected chi connectivity index (χ4v) is 5.41. The van der Waals surface area contributed by atoms with Crippen molar-refractivity contribution in [1.29, 1.82) is 0 Å². The first kappa shape index (κ1) is 33.6. The quantitative estimate of drug-likeness (QED) is 0.109. The molecule has 2 heterocycles. The minimum atomic E-state index is -1.27. The van der Waals surface area contributed by atoms with Gasteiger partial charge in [0.15, 0.2) is 11.6 Å². The molecule has 0 atom stereocenters. The van der Waals surface area contributed by atoms with E-state index in [1.165, 1.54) is 10.6 Å². The number of rotatable bonds is 9. The van der Waals surface area contributed by atoms with Crippen LogP contribution >= 0.6 is 0 Å². The van der Waals surface area contributed by atoms with Crippen LogP contribution in [0.3, 0.4) is 0 Å². The van der Waals surface area contributed by atoms with Gasteiger partial charge in [-0.25, -0.2) is 8.78 Å². The number of halogens is 2. The summed E-state index contributed by atoms with van der Waals surface area (Å²) in [5.41, 5.74) is 7.90. The average Bonchev–Trinajstić information content (AvgIpc) is 3.54. The number of nitrogens with two attached hydrogens (primary N) is 1. The molecule has 0 saturated heterocycles. The van der Waals surface area contributed by atoms with Gasteiger partial charge < -0.3 is 35.8 Å². The zero-order valence-corrected chi connectivity index (χ0v) is 27.3. The predicted molar refractivity (Wildman–Crippen MR) is 187 cm³/mol. The molecule has 2 aromatic heterocycles. The maximum absolute atomic E-state index is 14.6. The van der Waals surface area contributed by atoms with Crippen molar-refractivity contribution in [3.8, 4) is 22.6 Å². The Balaban J connectivity index is 1.28. The SMILES string of the molecule is Cn1cc(-c2cc(C(C)(C)O)ccc2Oc2ccc(F)cc2F)c2cc(C(=O)NCc3ccc(C(=O)Nc4ccccc4N)cc3)[nH]c2c1=O. The van der Waals surface area contributed by atoms with Gasteiger partial charge in [0.05, 0.1) is 17.0 Å². The summed E-state index contributed by atoms with van der Waals surface area (Å²) in [5.74, 6) is -2.57. The number of aryl methyl sites for hydroxylation is 1. The number of carbonyl (C=O) groups is 2. The minimum Gasteiger partial charge on any atom is -0.454 e. The van der Waals surface area contributed by atoms with Gasteiger partial charge in [0.2, 0.25) is 0 Å². The Labute approximate surface area is 285 Å². The van der Waals surface area contributed by atoms with Gasteiger partial charge in [-0.05, 0) is 79.6 Å². The Bertz CT molecular complexity index is 2320. The number of aliphatic hydroxyl groups is 1. The molecule has 0 bridgehead atoms. The third-order valence-corrected chi connectivity index (χ3v) is 8.18. The molecule has 0 spiro atoms. The van der Waals surface area contributed by atoms with Crippen LogP contribution in [0, 0.1) is 11.6 Å².